The molecule has 1 atom stereocenters. The van der Waals surface area contributed by atoms with E-state index in [1.165, 1.54) is 7.11 Å². The molecule has 0 saturated heterocycles. The van der Waals surface area contributed by atoms with Gasteiger partial charge in [-0.1, -0.05) is 22.0 Å². The van der Waals surface area contributed by atoms with Gasteiger partial charge in [0.05, 0.1) is 0 Å². The molecule has 0 heterocycles. The topological polar surface area (TPSA) is 64.3 Å². The number of anilines is 1. The van der Waals surface area contributed by atoms with Crippen LogP contribution in [-0.4, -0.2) is 25.7 Å². The van der Waals surface area contributed by atoms with Gasteiger partial charge in [-0.3, -0.25) is 4.79 Å². The summed E-state index contributed by atoms with van der Waals surface area (Å²) in [7, 11) is 1.46. The van der Waals surface area contributed by atoms with Gasteiger partial charge in [0.25, 0.3) is 5.91 Å². The third-order valence-corrected chi connectivity index (χ3v) is 2.74. The molecule has 4 nitrogen and oxygen atoms in total. The lowest BCUT2D eigenvalue weighted by Gasteiger charge is -2.14. The van der Waals surface area contributed by atoms with Crippen molar-refractivity contribution in [2.24, 2.45) is 5.73 Å². The second kappa shape index (κ2) is 5.98. The SMILES string of the molecule is COC(CN)C(=O)Nc1cc(Br)ccc1C. The van der Waals surface area contributed by atoms with E-state index in [9.17, 15) is 4.79 Å². The second-order valence-electron chi connectivity index (χ2n) is 3.41. The van der Waals surface area contributed by atoms with Gasteiger partial charge in [0.1, 0.15) is 6.10 Å². The van der Waals surface area contributed by atoms with E-state index in [-0.39, 0.29) is 12.5 Å². The largest absolute Gasteiger partial charge is 0.370 e. The zero-order valence-electron chi connectivity index (χ0n) is 9.29. The fourth-order valence-electron chi connectivity index (χ4n) is 1.25. The molecule has 0 saturated carbocycles. The van der Waals surface area contributed by atoms with Crippen molar-refractivity contribution in [3.63, 3.8) is 0 Å². The van der Waals surface area contributed by atoms with Gasteiger partial charge in [-0.15, -0.1) is 0 Å². The van der Waals surface area contributed by atoms with Crippen LogP contribution in [0.2, 0.25) is 0 Å². The van der Waals surface area contributed by atoms with Crippen LogP contribution in [0.3, 0.4) is 0 Å². The molecule has 16 heavy (non-hydrogen) atoms. The summed E-state index contributed by atoms with van der Waals surface area (Å²) in [5.41, 5.74) is 7.16. The standard InChI is InChI=1S/C11H15BrN2O2/c1-7-3-4-8(12)5-9(7)14-11(15)10(6-13)16-2/h3-5,10H,6,13H2,1-2H3,(H,14,15). The number of benzene rings is 1. The number of halogens is 1. The molecule has 88 valence electrons. The van der Waals surface area contributed by atoms with Gasteiger partial charge in [0.2, 0.25) is 0 Å². The monoisotopic (exact) mass is 286 g/mol. The number of amides is 1. The van der Waals surface area contributed by atoms with Gasteiger partial charge in [0, 0.05) is 23.8 Å². The van der Waals surface area contributed by atoms with Crippen molar-refractivity contribution in [1.82, 2.24) is 0 Å². The third-order valence-electron chi connectivity index (χ3n) is 2.25. The zero-order chi connectivity index (χ0) is 12.1. The minimum atomic E-state index is -0.613. The quantitative estimate of drug-likeness (QED) is 0.885. The number of nitrogens with two attached hydrogens (primary N) is 1. The van der Waals surface area contributed by atoms with Gasteiger partial charge in [0.15, 0.2) is 0 Å². The van der Waals surface area contributed by atoms with Crippen LogP contribution < -0.4 is 11.1 Å². The number of aryl methyl sites for hydroxylation is 1. The number of rotatable bonds is 4. The van der Waals surface area contributed by atoms with Gasteiger partial charge in [-0.05, 0) is 24.6 Å². The summed E-state index contributed by atoms with van der Waals surface area (Å²) in [4.78, 5) is 11.7. The molecule has 1 aromatic carbocycles. The molecule has 3 N–H and O–H groups in total. The summed E-state index contributed by atoms with van der Waals surface area (Å²) in [6.07, 6.45) is -0.613. The lowest BCUT2D eigenvalue weighted by atomic mass is 10.2. The van der Waals surface area contributed by atoms with E-state index in [1.54, 1.807) is 0 Å². The van der Waals surface area contributed by atoms with Crippen LogP contribution in [0.5, 0.6) is 0 Å². The van der Waals surface area contributed by atoms with E-state index in [0.717, 1.165) is 15.7 Å². The first-order valence-electron chi connectivity index (χ1n) is 4.88. The first kappa shape index (κ1) is 13.2. The van der Waals surface area contributed by atoms with E-state index in [0.29, 0.717) is 0 Å². The number of hydrogen-bond acceptors (Lipinski definition) is 3. The number of ether oxygens (including phenoxy) is 1. The van der Waals surface area contributed by atoms with Crippen molar-refractivity contribution in [2.45, 2.75) is 13.0 Å². The van der Waals surface area contributed by atoms with E-state index >= 15 is 0 Å². The molecule has 1 aromatic rings. The number of carbonyl (C=O) groups is 1. The highest BCUT2D eigenvalue weighted by Crippen LogP contribution is 2.20. The highest BCUT2D eigenvalue weighted by atomic mass is 79.9. The van der Waals surface area contributed by atoms with Gasteiger partial charge >= 0.3 is 0 Å². The van der Waals surface area contributed by atoms with Crippen LogP contribution >= 0.6 is 15.9 Å². The molecule has 0 bridgehead atoms. The minimum absolute atomic E-state index is 0.162. The van der Waals surface area contributed by atoms with Crippen molar-refractivity contribution in [1.29, 1.82) is 0 Å². The normalized spacial score (nSPS) is 12.2. The molecule has 0 fully saturated rings. The average molecular weight is 287 g/mol. The molecule has 1 rings (SSSR count). The highest BCUT2D eigenvalue weighted by Gasteiger charge is 2.16. The third kappa shape index (κ3) is 3.30. The van der Waals surface area contributed by atoms with E-state index in [2.05, 4.69) is 21.2 Å². The molecule has 5 heteroatoms. The van der Waals surface area contributed by atoms with Crippen molar-refractivity contribution in [3.05, 3.63) is 28.2 Å². The summed E-state index contributed by atoms with van der Waals surface area (Å²) >= 11 is 3.35. The molecule has 0 aromatic heterocycles. The minimum Gasteiger partial charge on any atom is -0.370 e. The summed E-state index contributed by atoms with van der Waals surface area (Å²) in [5.74, 6) is -0.230. The predicted octanol–water partition coefficient (Wildman–Crippen LogP) is 1.67. The fraction of sp³-hybridized carbons (Fsp3) is 0.364. The molecule has 0 spiro atoms. The maximum Gasteiger partial charge on any atom is 0.254 e. The van der Waals surface area contributed by atoms with Gasteiger partial charge < -0.3 is 15.8 Å². The molecule has 0 aliphatic heterocycles. The summed E-state index contributed by atoms with van der Waals surface area (Å²) in [6, 6.07) is 5.68. The summed E-state index contributed by atoms with van der Waals surface area (Å²) in [6.45, 7) is 2.09. The maximum absolute atomic E-state index is 11.7. The lowest BCUT2D eigenvalue weighted by Crippen LogP contribution is -2.36. The number of methoxy groups -OCH3 is 1. The summed E-state index contributed by atoms with van der Waals surface area (Å²) in [5, 5.41) is 2.78. The molecule has 0 aliphatic carbocycles. The Morgan fingerprint density at radius 2 is 2.31 bits per heavy atom. The molecule has 1 amide bonds. The van der Waals surface area contributed by atoms with Gasteiger partial charge in [-0.2, -0.15) is 0 Å². The maximum atomic E-state index is 11.7. The Morgan fingerprint density at radius 3 is 2.88 bits per heavy atom. The van der Waals surface area contributed by atoms with Crippen LogP contribution in [0.1, 0.15) is 5.56 Å². The Hall–Kier alpha value is -0.910. The van der Waals surface area contributed by atoms with Crippen molar-refractivity contribution >= 4 is 27.5 Å². The molecular weight excluding hydrogens is 272 g/mol. The van der Waals surface area contributed by atoms with Crippen LogP contribution in [0, 0.1) is 6.92 Å². The lowest BCUT2D eigenvalue weighted by molar-refractivity contribution is -0.125. The highest BCUT2D eigenvalue weighted by molar-refractivity contribution is 9.10. The van der Waals surface area contributed by atoms with E-state index < -0.39 is 6.10 Å². The second-order valence-corrected chi connectivity index (χ2v) is 4.32. The fourth-order valence-corrected chi connectivity index (χ4v) is 1.61. The van der Waals surface area contributed by atoms with E-state index in [1.807, 2.05) is 25.1 Å². The Morgan fingerprint density at radius 1 is 1.62 bits per heavy atom. The number of carbonyl (C=O) groups excluding carboxylic acids is 1. The first-order chi connectivity index (χ1) is 7.58. The van der Waals surface area contributed by atoms with Gasteiger partial charge in [-0.25, -0.2) is 0 Å². The number of hydrogen-bond donors (Lipinski definition) is 2. The molecule has 0 aliphatic rings. The van der Waals surface area contributed by atoms with Crippen LogP contribution in [0.4, 0.5) is 5.69 Å². The molecule has 0 radical (unpaired) electrons. The smallest absolute Gasteiger partial charge is 0.254 e. The molecular formula is C11H15BrN2O2. The Kier molecular flexibility index (Phi) is 4.92. The van der Waals surface area contributed by atoms with Crippen molar-refractivity contribution in [2.75, 3.05) is 19.0 Å². The van der Waals surface area contributed by atoms with Crippen LogP contribution in [0.25, 0.3) is 0 Å². The number of nitrogens with one attached hydrogen (secondary N) is 1. The Bertz CT molecular complexity index is 378. The zero-order valence-corrected chi connectivity index (χ0v) is 10.9. The summed E-state index contributed by atoms with van der Waals surface area (Å²) < 4.78 is 5.87. The Balaban J connectivity index is 2.80. The van der Waals surface area contributed by atoms with Crippen LogP contribution in [-0.2, 0) is 9.53 Å². The molecule has 1 unspecified atom stereocenters. The average Bonchev–Trinajstić information content (AvgIpc) is 2.25. The first-order valence-corrected chi connectivity index (χ1v) is 5.67. The van der Waals surface area contributed by atoms with E-state index in [4.69, 9.17) is 10.5 Å². The van der Waals surface area contributed by atoms with Crippen molar-refractivity contribution < 1.29 is 9.53 Å². The van der Waals surface area contributed by atoms with Crippen LogP contribution in [0.15, 0.2) is 22.7 Å². The Labute approximate surface area is 103 Å². The van der Waals surface area contributed by atoms with Crippen molar-refractivity contribution in [3.8, 4) is 0 Å². The predicted molar refractivity (Wildman–Crippen MR) is 67.4 cm³/mol.